The Balaban J connectivity index is 3.23. The molecule has 0 atom stereocenters. The Morgan fingerprint density at radius 3 is 1.95 bits per heavy atom. The summed E-state index contributed by atoms with van der Waals surface area (Å²) in [6.07, 6.45) is 0. The number of aryl methyl sites for hydroxylation is 2. The Bertz CT molecular complexity index is 611. The normalized spacial score (nSPS) is 12.1. The monoisotopic (exact) mass is 312 g/mol. The number of hydrogen-bond acceptors (Lipinski definition) is 5. The third-order valence-electron chi connectivity index (χ3n) is 2.39. The summed E-state index contributed by atoms with van der Waals surface area (Å²) in [4.78, 5) is 11.4. The average Bonchev–Trinajstić information content (AvgIpc) is 2.25. The van der Waals surface area contributed by atoms with E-state index in [9.17, 15) is 26.4 Å². The van der Waals surface area contributed by atoms with Crippen molar-refractivity contribution in [1.82, 2.24) is 0 Å². The van der Waals surface area contributed by atoms with E-state index in [1.54, 1.807) is 0 Å². The molecule has 1 aromatic carbocycles. The summed E-state index contributed by atoms with van der Waals surface area (Å²) in [5.41, 5.74) is -4.90. The van der Waals surface area contributed by atoms with Crippen molar-refractivity contribution >= 4 is 16.1 Å². The first-order valence-electron chi connectivity index (χ1n) is 5.20. The molecule has 0 radical (unpaired) electrons. The molecule has 1 rings (SSSR count). The summed E-state index contributed by atoms with van der Waals surface area (Å²) < 4.78 is 66.9. The zero-order valence-corrected chi connectivity index (χ0v) is 11.6. The van der Waals surface area contributed by atoms with Gasteiger partial charge < -0.3 is 8.92 Å². The Morgan fingerprint density at radius 1 is 1.15 bits per heavy atom. The summed E-state index contributed by atoms with van der Waals surface area (Å²) in [6.45, 7) is 2.85. The highest BCUT2D eigenvalue weighted by molar-refractivity contribution is 7.88. The van der Waals surface area contributed by atoms with Crippen LogP contribution in [-0.2, 0) is 14.9 Å². The van der Waals surface area contributed by atoms with Crippen LogP contribution >= 0.6 is 0 Å². The Kier molecular flexibility index (Phi) is 4.33. The lowest BCUT2D eigenvalue weighted by Gasteiger charge is -2.13. The van der Waals surface area contributed by atoms with Crippen LogP contribution in [0, 0.1) is 13.8 Å². The minimum Gasteiger partial charge on any atom is -0.465 e. The van der Waals surface area contributed by atoms with E-state index in [0.717, 1.165) is 19.2 Å². The molecule has 0 N–H and O–H groups in total. The first-order chi connectivity index (χ1) is 8.99. The van der Waals surface area contributed by atoms with Gasteiger partial charge >= 0.3 is 21.6 Å². The smallest absolute Gasteiger partial charge is 0.465 e. The maximum Gasteiger partial charge on any atom is 0.534 e. The lowest BCUT2D eigenvalue weighted by molar-refractivity contribution is -0.0500. The molecule has 0 fully saturated rings. The lowest BCUT2D eigenvalue weighted by Crippen LogP contribution is -2.28. The van der Waals surface area contributed by atoms with Gasteiger partial charge in [0.25, 0.3) is 0 Å². The first kappa shape index (κ1) is 16.3. The van der Waals surface area contributed by atoms with Gasteiger partial charge in [0.2, 0.25) is 0 Å². The van der Waals surface area contributed by atoms with E-state index in [2.05, 4.69) is 8.92 Å². The van der Waals surface area contributed by atoms with E-state index in [1.807, 2.05) is 0 Å². The lowest BCUT2D eigenvalue weighted by atomic mass is 10.0. The maximum atomic E-state index is 12.2. The fourth-order valence-electron chi connectivity index (χ4n) is 1.57. The fourth-order valence-corrected chi connectivity index (χ4v) is 2.01. The third kappa shape index (κ3) is 3.21. The standard InChI is InChI=1S/C11H11F3O5S/c1-6-4-8(19-20(16,17)11(12,13)14)5-7(2)9(6)10(15)18-3/h4-5H,1-3H3. The van der Waals surface area contributed by atoms with E-state index in [1.165, 1.54) is 13.8 Å². The quantitative estimate of drug-likeness (QED) is 0.487. The van der Waals surface area contributed by atoms with E-state index >= 15 is 0 Å². The molecule has 1 aromatic rings. The highest BCUT2D eigenvalue weighted by Crippen LogP contribution is 2.29. The van der Waals surface area contributed by atoms with Crippen LogP contribution < -0.4 is 4.18 Å². The second-order valence-corrected chi connectivity index (χ2v) is 5.44. The molecular formula is C11H11F3O5S. The van der Waals surface area contributed by atoms with Crippen molar-refractivity contribution in [2.75, 3.05) is 7.11 Å². The number of benzene rings is 1. The predicted molar refractivity (Wildman–Crippen MR) is 62.9 cm³/mol. The zero-order chi connectivity index (χ0) is 15.7. The summed E-state index contributed by atoms with van der Waals surface area (Å²) in [5, 5.41) is 0. The molecule has 0 saturated heterocycles. The van der Waals surface area contributed by atoms with Gasteiger partial charge in [0.15, 0.2) is 0 Å². The van der Waals surface area contributed by atoms with Crippen molar-refractivity contribution in [2.45, 2.75) is 19.4 Å². The van der Waals surface area contributed by atoms with Crippen LogP contribution in [0.5, 0.6) is 5.75 Å². The highest BCUT2D eigenvalue weighted by Gasteiger charge is 2.48. The average molecular weight is 312 g/mol. The molecule has 0 amide bonds. The number of carbonyl (C=O) groups is 1. The number of carbonyl (C=O) groups excluding carboxylic acids is 1. The molecule has 0 aromatic heterocycles. The number of rotatable bonds is 3. The van der Waals surface area contributed by atoms with E-state index < -0.39 is 27.3 Å². The van der Waals surface area contributed by atoms with Gasteiger partial charge in [-0.3, -0.25) is 0 Å². The van der Waals surface area contributed by atoms with Crippen LogP contribution in [0.4, 0.5) is 13.2 Å². The molecule has 0 aliphatic carbocycles. The first-order valence-corrected chi connectivity index (χ1v) is 6.60. The highest BCUT2D eigenvalue weighted by atomic mass is 32.2. The number of halogens is 3. The minimum absolute atomic E-state index is 0.143. The summed E-state index contributed by atoms with van der Waals surface area (Å²) in [7, 11) is -4.59. The second kappa shape index (κ2) is 5.31. The summed E-state index contributed by atoms with van der Waals surface area (Å²) in [5.74, 6) is -1.20. The molecule has 0 unspecified atom stereocenters. The molecule has 5 nitrogen and oxygen atoms in total. The molecular weight excluding hydrogens is 301 g/mol. The number of alkyl halides is 3. The Labute approximate surface area is 113 Å². The summed E-state index contributed by atoms with van der Waals surface area (Å²) in [6, 6.07) is 2.03. The van der Waals surface area contributed by atoms with Crippen molar-refractivity contribution in [3.63, 3.8) is 0 Å². The molecule has 0 heterocycles. The third-order valence-corrected chi connectivity index (χ3v) is 3.36. The molecule has 9 heteroatoms. The minimum atomic E-state index is -5.74. The van der Waals surface area contributed by atoms with Gasteiger partial charge in [0.1, 0.15) is 5.75 Å². The van der Waals surface area contributed by atoms with Crippen LogP contribution in [0.25, 0.3) is 0 Å². The molecule has 0 saturated carbocycles. The number of hydrogen-bond donors (Lipinski definition) is 0. The number of ether oxygens (including phenoxy) is 1. The molecule has 0 bridgehead atoms. The molecule has 0 spiro atoms. The van der Waals surface area contributed by atoms with Gasteiger partial charge in [-0.2, -0.15) is 21.6 Å². The van der Waals surface area contributed by atoms with Gasteiger partial charge in [-0.1, -0.05) is 0 Å². The Hall–Kier alpha value is -1.77. The van der Waals surface area contributed by atoms with Crippen LogP contribution in [0.1, 0.15) is 21.5 Å². The van der Waals surface area contributed by atoms with E-state index in [-0.39, 0.29) is 16.7 Å². The van der Waals surface area contributed by atoms with E-state index in [0.29, 0.717) is 0 Å². The summed E-state index contributed by atoms with van der Waals surface area (Å²) >= 11 is 0. The van der Waals surface area contributed by atoms with Gasteiger partial charge in [-0.05, 0) is 37.1 Å². The van der Waals surface area contributed by atoms with Crippen LogP contribution in [0.3, 0.4) is 0 Å². The predicted octanol–water partition coefficient (Wildman–Crippen LogP) is 2.32. The fraction of sp³-hybridized carbons (Fsp3) is 0.364. The molecule has 20 heavy (non-hydrogen) atoms. The Morgan fingerprint density at radius 2 is 1.60 bits per heavy atom. The number of esters is 1. The van der Waals surface area contributed by atoms with Gasteiger partial charge in [0, 0.05) is 0 Å². The van der Waals surface area contributed by atoms with Crippen LogP contribution in [0.2, 0.25) is 0 Å². The van der Waals surface area contributed by atoms with Crippen molar-refractivity contribution in [2.24, 2.45) is 0 Å². The molecule has 112 valence electrons. The van der Waals surface area contributed by atoms with Crippen LogP contribution in [0.15, 0.2) is 12.1 Å². The largest absolute Gasteiger partial charge is 0.534 e. The maximum absolute atomic E-state index is 12.2. The molecule has 0 aliphatic rings. The van der Waals surface area contributed by atoms with Crippen LogP contribution in [-0.4, -0.2) is 27.0 Å². The second-order valence-electron chi connectivity index (χ2n) is 3.91. The van der Waals surface area contributed by atoms with Gasteiger partial charge in [-0.15, -0.1) is 0 Å². The van der Waals surface area contributed by atoms with Crippen molar-refractivity contribution < 1.29 is 35.3 Å². The number of methoxy groups -OCH3 is 1. The van der Waals surface area contributed by atoms with Gasteiger partial charge in [0.05, 0.1) is 12.7 Å². The van der Waals surface area contributed by atoms with Crippen molar-refractivity contribution in [3.8, 4) is 5.75 Å². The van der Waals surface area contributed by atoms with Crippen molar-refractivity contribution in [1.29, 1.82) is 0 Å². The molecule has 0 aliphatic heterocycles. The SMILES string of the molecule is COC(=O)c1c(C)cc(OS(=O)(=O)C(F)(F)F)cc1C. The topological polar surface area (TPSA) is 69.7 Å². The van der Waals surface area contributed by atoms with E-state index in [4.69, 9.17) is 0 Å². The van der Waals surface area contributed by atoms with Gasteiger partial charge in [-0.25, -0.2) is 4.79 Å². The van der Waals surface area contributed by atoms with Crippen molar-refractivity contribution in [3.05, 3.63) is 28.8 Å². The zero-order valence-electron chi connectivity index (χ0n) is 10.7.